The molecule has 0 aliphatic carbocycles. The van der Waals surface area contributed by atoms with Gasteiger partial charge in [0.15, 0.2) is 0 Å². The minimum absolute atomic E-state index is 0.250. The Balaban J connectivity index is 2.57. The molecule has 1 rings (SSSR count). The molecule has 0 aliphatic rings. The largest absolute Gasteiger partial charge is 0.396 e. The molecule has 92 valence electrons. The van der Waals surface area contributed by atoms with E-state index in [4.69, 9.17) is 5.11 Å². The smallest absolute Gasteiger partial charge is 0.0641 e. The van der Waals surface area contributed by atoms with Gasteiger partial charge in [-0.15, -0.1) is 0 Å². The Morgan fingerprint density at radius 1 is 1.38 bits per heavy atom. The fourth-order valence-electron chi connectivity index (χ4n) is 1.84. The molecular weight excluding hydrogens is 202 g/mol. The Bertz CT molecular complexity index is 320. The van der Waals surface area contributed by atoms with Gasteiger partial charge in [-0.1, -0.05) is 6.92 Å². The summed E-state index contributed by atoms with van der Waals surface area (Å²) in [6.07, 6.45) is 1.92. The van der Waals surface area contributed by atoms with E-state index >= 15 is 0 Å². The first kappa shape index (κ1) is 13.2. The van der Waals surface area contributed by atoms with E-state index in [2.05, 4.69) is 35.9 Å². The maximum absolute atomic E-state index is 8.69. The van der Waals surface area contributed by atoms with Crippen molar-refractivity contribution < 1.29 is 5.11 Å². The van der Waals surface area contributed by atoms with Crippen LogP contribution in [0.25, 0.3) is 0 Å². The third-order valence-electron chi connectivity index (χ3n) is 2.78. The summed E-state index contributed by atoms with van der Waals surface area (Å²) in [5.74, 6) is 0. The van der Waals surface area contributed by atoms with Gasteiger partial charge in [0, 0.05) is 31.0 Å². The van der Waals surface area contributed by atoms with E-state index in [1.54, 1.807) is 0 Å². The van der Waals surface area contributed by atoms with Gasteiger partial charge in [-0.25, -0.2) is 0 Å². The van der Waals surface area contributed by atoms with Gasteiger partial charge in [-0.2, -0.15) is 5.10 Å². The SMILES string of the molecule is CCCn1nc(C)c(CNCCCO)c1C. The summed E-state index contributed by atoms with van der Waals surface area (Å²) in [5.41, 5.74) is 3.67. The van der Waals surface area contributed by atoms with Gasteiger partial charge in [-0.3, -0.25) is 4.68 Å². The molecule has 0 atom stereocenters. The van der Waals surface area contributed by atoms with Crippen LogP contribution in [0.15, 0.2) is 0 Å². The van der Waals surface area contributed by atoms with Crippen molar-refractivity contribution in [1.82, 2.24) is 15.1 Å². The monoisotopic (exact) mass is 225 g/mol. The van der Waals surface area contributed by atoms with Crippen LogP contribution in [0.4, 0.5) is 0 Å². The van der Waals surface area contributed by atoms with E-state index in [0.717, 1.165) is 38.2 Å². The molecule has 1 aromatic heterocycles. The molecule has 0 bridgehead atoms. The average Bonchev–Trinajstić information content (AvgIpc) is 2.52. The van der Waals surface area contributed by atoms with Gasteiger partial charge in [0.2, 0.25) is 0 Å². The number of aliphatic hydroxyl groups is 1. The molecule has 2 N–H and O–H groups in total. The second-order valence-corrected chi connectivity index (χ2v) is 4.13. The number of hydrogen-bond acceptors (Lipinski definition) is 3. The number of rotatable bonds is 7. The standard InChI is InChI=1S/C12H23N3O/c1-4-7-15-11(3)12(10(2)14-15)9-13-6-5-8-16/h13,16H,4-9H2,1-3H3. The van der Waals surface area contributed by atoms with E-state index in [1.165, 1.54) is 11.3 Å². The number of aliphatic hydroxyl groups excluding tert-OH is 1. The highest BCUT2D eigenvalue weighted by Crippen LogP contribution is 2.12. The second kappa shape index (κ2) is 6.66. The van der Waals surface area contributed by atoms with Gasteiger partial charge in [0.05, 0.1) is 5.69 Å². The highest BCUT2D eigenvalue weighted by atomic mass is 16.3. The lowest BCUT2D eigenvalue weighted by atomic mass is 10.2. The summed E-state index contributed by atoms with van der Waals surface area (Å²) in [5, 5.41) is 16.5. The van der Waals surface area contributed by atoms with Crippen LogP contribution in [-0.2, 0) is 13.1 Å². The summed E-state index contributed by atoms with van der Waals surface area (Å²) in [7, 11) is 0. The van der Waals surface area contributed by atoms with Crippen LogP contribution < -0.4 is 5.32 Å². The van der Waals surface area contributed by atoms with Crippen molar-refractivity contribution >= 4 is 0 Å². The topological polar surface area (TPSA) is 50.1 Å². The van der Waals surface area contributed by atoms with Crippen molar-refractivity contribution in [2.75, 3.05) is 13.2 Å². The Morgan fingerprint density at radius 3 is 2.75 bits per heavy atom. The van der Waals surface area contributed by atoms with Crippen molar-refractivity contribution in [2.45, 2.75) is 46.7 Å². The summed E-state index contributed by atoms with van der Waals surface area (Å²) in [6.45, 7) is 9.29. The van der Waals surface area contributed by atoms with E-state index in [1.807, 2.05) is 0 Å². The number of nitrogens with zero attached hydrogens (tertiary/aromatic N) is 2. The molecule has 4 nitrogen and oxygen atoms in total. The molecule has 0 unspecified atom stereocenters. The summed E-state index contributed by atoms with van der Waals surface area (Å²) in [4.78, 5) is 0. The van der Waals surface area contributed by atoms with E-state index in [-0.39, 0.29) is 6.61 Å². The number of nitrogens with one attached hydrogen (secondary N) is 1. The quantitative estimate of drug-likeness (QED) is 0.689. The van der Waals surface area contributed by atoms with Gasteiger partial charge < -0.3 is 10.4 Å². The van der Waals surface area contributed by atoms with Crippen LogP contribution in [0.5, 0.6) is 0 Å². The minimum atomic E-state index is 0.250. The Labute approximate surface area is 97.7 Å². The Kier molecular flexibility index (Phi) is 5.49. The summed E-state index contributed by atoms with van der Waals surface area (Å²) < 4.78 is 2.08. The molecule has 0 radical (unpaired) electrons. The zero-order chi connectivity index (χ0) is 12.0. The predicted molar refractivity (Wildman–Crippen MR) is 65.4 cm³/mol. The van der Waals surface area contributed by atoms with Crippen LogP contribution in [0.1, 0.15) is 36.7 Å². The molecule has 0 aliphatic heterocycles. The van der Waals surface area contributed by atoms with Crippen molar-refractivity contribution in [3.8, 4) is 0 Å². The summed E-state index contributed by atoms with van der Waals surface area (Å²) in [6, 6.07) is 0. The number of hydrogen-bond donors (Lipinski definition) is 2. The molecule has 0 aromatic carbocycles. The van der Waals surface area contributed by atoms with Crippen molar-refractivity contribution in [3.63, 3.8) is 0 Å². The molecule has 1 aromatic rings. The molecule has 0 amide bonds. The maximum atomic E-state index is 8.69. The van der Waals surface area contributed by atoms with Crippen molar-refractivity contribution in [3.05, 3.63) is 17.0 Å². The van der Waals surface area contributed by atoms with Crippen LogP contribution >= 0.6 is 0 Å². The zero-order valence-electron chi connectivity index (χ0n) is 10.6. The van der Waals surface area contributed by atoms with Gasteiger partial charge in [0.1, 0.15) is 0 Å². The van der Waals surface area contributed by atoms with Crippen LogP contribution in [-0.4, -0.2) is 28.0 Å². The third-order valence-corrected chi connectivity index (χ3v) is 2.78. The normalized spacial score (nSPS) is 11.0. The fraction of sp³-hybridized carbons (Fsp3) is 0.750. The Hall–Kier alpha value is -0.870. The number of aromatic nitrogens is 2. The predicted octanol–water partition coefficient (Wildman–Crippen LogP) is 1.38. The lowest BCUT2D eigenvalue weighted by molar-refractivity contribution is 0.286. The highest BCUT2D eigenvalue weighted by Gasteiger charge is 2.09. The fourth-order valence-corrected chi connectivity index (χ4v) is 1.84. The first-order valence-electron chi connectivity index (χ1n) is 6.05. The lowest BCUT2D eigenvalue weighted by Gasteiger charge is -2.05. The molecular formula is C12H23N3O. The zero-order valence-corrected chi connectivity index (χ0v) is 10.6. The lowest BCUT2D eigenvalue weighted by Crippen LogP contribution is -2.16. The molecule has 1 heterocycles. The van der Waals surface area contributed by atoms with Gasteiger partial charge >= 0.3 is 0 Å². The first-order valence-corrected chi connectivity index (χ1v) is 6.05. The van der Waals surface area contributed by atoms with Crippen LogP contribution in [0, 0.1) is 13.8 Å². The number of aryl methyl sites for hydroxylation is 2. The maximum Gasteiger partial charge on any atom is 0.0641 e. The second-order valence-electron chi connectivity index (χ2n) is 4.13. The van der Waals surface area contributed by atoms with E-state index in [9.17, 15) is 0 Å². The molecule has 0 saturated heterocycles. The van der Waals surface area contributed by atoms with E-state index < -0.39 is 0 Å². The van der Waals surface area contributed by atoms with Gasteiger partial charge in [-0.05, 0) is 33.2 Å². The van der Waals surface area contributed by atoms with Crippen LogP contribution in [0.2, 0.25) is 0 Å². The Morgan fingerprint density at radius 2 is 2.12 bits per heavy atom. The minimum Gasteiger partial charge on any atom is -0.396 e. The van der Waals surface area contributed by atoms with Crippen molar-refractivity contribution in [1.29, 1.82) is 0 Å². The summed E-state index contributed by atoms with van der Waals surface area (Å²) >= 11 is 0. The molecule has 0 spiro atoms. The molecule has 0 saturated carbocycles. The molecule has 4 heteroatoms. The van der Waals surface area contributed by atoms with Crippen molar-refractivity contribution in [2.24, 2.45) is 0 Å². The van der Waals surface area contributed by atoms with Crippen LogP contribution in [0.3, 0.4) is 0 Å². The van der Waals surface area contributed by atoms with E-state index in [0.29, 0.717) is 0 Å². The average molecular weight is 225 g/mol. The van der Waals surface area contributed by atoms with Gasteiger partial charge in [0.25, 0.3) is 0 Å². The molecule has 16 heavy (non-hydrogen) atoms. The first-order chi connectivity index (χ1) is 7.70. The highest BCUT2D eigenvalue weighted by molar-refractivity contribution is 5.24. The molecule has 0 fully saturated rings. The third kappa shape index (κ3) is 3.32.